The first kappa shape index (κ1) is 23.0. The number of benzene rings is 1. The summed E-state index contributed by atoms with van der Waals surface area (Å²) < 4.78 is 11.1. The van der Waals surface area contributed by atoms with Gasteiger partial charge in [-0.25, -0.2) is 0 Å². The van der Waals surface area contributed by atoms with Crippen molar-refractivity contribution in [1.29, 1.82) is 0 Å². The first-order valence-electron chi connectivity index (χ1n) is 10.6. The van der Waals surface area contributed by atoms with Crippen LogP contribution in [0.15, 0.2) is 18.2 Å². The summed E-state index contributed by atoms with van der Waals surface area (Å²) in [6.07, 6.45) is 4.61. The molecule has 0 unspecified atom stereocenters. The second-order valence-electron chi connectivity index (χ2n) is 7.68. The third-order valence-electron chi connectivity index (χ3n) is 5.11. The van der Waals surface area contributed by atoms with Gasteiger partial charge in [-0.2, -0.15) is 0 Å². The maximum absolute atomic E-state index is 12.4. The molecule has 1 aliphatic rings. The molecule has 1 fully saturated rings. The van der Waals surface area contributed by atoms with Crippen LogP contribution in [0.3, 0.4) is 0 Å². The summed E-state index contributed by atoms with van der Waals surface area (Å²) in [4.78, 5) is 26.4. The Bertz CT molecular complexity index is 680. The monoisotopic (exact) mass is 405 g/mol. The number of nitrogens with one attached hydrogen (secondary N) is 2. The van der Waals surface area contributed by atoms with Gasteiger partial charge in [-0.1, -0.05) is 19.8 Å². The van der Waals surface area contributed by atoms with Gasteiger partial charge in [0.25, 0.3) is 0 Å². The van der Waals surface area contributed by atoms with E-state index in [1.165, 1.54) is 12.8 Å². The van der Waals surface area contributed by atoms with Crippen molar-refractivity contribution in [3.63, 3.8) is 0 Å². The van der Waals surface area contributed by atoms with Crippen molar-refractivity contribution in [2.75, 3.05) is 38.7 Å². The van der Waals surface area contributed by atoms with Gasteiger partial charge in [0.1, 0.15) is 0 Å². The van der Waals surface area contributed by atoms with Crippen molar-refractivity contribution in [1.82, 2.24) is 10.2 Å². The van der Waals surface area contributed by atoms with Crippen molar-refractivity contribution >= 4 is 17.5 Å². The van der Waals surface area contributed by atoms with Crippen LogP contribution in [-0.4, -0.2) is 56.1 Å². The van der Waals surface area contributed by atoms with Crippen molar-refractivity contribution in [3.8, 4) is 11.5 Å². The number of hydrogen-bond donors (Lipinski definition) is 2. The molecule has 2 amide bonds. The molecule has 0 heterocycles. The Balaban J connectivity index is 1.83. The van der Waals surface area contributed by atoms with E-state index < -0.39 is 0 Å². The molecule has 0 saturated heterocycles. The van der Waals surface area contributed by atoms with Gasteiger partial charge < -0.3 is 20.1 Å². The van der Waals surface area contributed by atoms with Crippen LogP contribution >= 0.6 is 0 Å². The highest BCUT2D eigenvalue weighted by Gasteiger charge is 2.23. The molecule has 2 rings (SSSR count). The minimum Gasteiger partial charge on any atom is -0.490 e. The number of nitrogens with zero attached hydrogens (tertiary/aromatic N) is 1. The van der Waals surface area contributed by atoms with E-state index >= 15 is 0 Å². The molecular formula is C22H35N3O4. The molecule has 1 aromatic rings. The minimum absolute atomic E-state index is 0.0289. The Labute approximate surface area is 174 Å². The zero-order valence-electron chi connectivity index (χ0n) is 18.1. The Morgan fingerprint density at radius 2 is 1.69 bits per heavy atom. The van der Waals surface area contributed by atoms with Gasteiger partial charge in [0.2, 0.25) is 11.8 Å². The minimum atomic E-state index is -0.182. The molecule has 1 saturated carbocycles. The summed E-state index contributed by atoms with van der Waals surface area (Å²) in [5.74, 6) is 1.55. The number of carbonyl (C=O) groups excluding carboxylic acids is 2. The van der Waals surface area contributed by atoms with Gasteiger partial charge in [-0.05, 0) is 51.8 Å². The second-order valence-corrected chi connectivity index (χ2v) is 7.68. The average molecular weight is 406 g/mol. The molecule has 0 aromatic heterocycles. The van der Waals surface area contributed by atoms with E-state index in [1.807, 2.05) is 13.8 Å². The lowest BCUT2D eigenvalue weighted by molar-refractivity contribution is -0.124. The maximum atomic E-state index is 12.4. The molecule has 0 spiro atoms. The van der Waals surface area contributed by atoms with Gasteiger partial charge in [0.05, 0.1) is 26.3 Å². The maximum Gasteiger partial charge on any atom is 0.238 e. The summed E-state index contributed by atoms with van der Waals surface area (Å²) in [7, 11) is 1.77. The van der Waals surface area contributed by atoms with E-state index in [2.05, 4.69) is 17.6 Å². The largest absolute Gasteiger partial charge is 0.490 e. The molecule has 7 heteroatoms. The third-order valence-corrected chi connectivity index (χ3v) is 5.11. The Morgan fingerprint density at radius 1 is 1.03 bits per heavy atom. The number of carbonyl (C=O) groups is 2. The van der Waals surface area contributed by atoms with Gasteiger partial charge >= 0.3 is 0 Å². The number of ether oxygens (including phenoxy) is 2. The van der Waals surface area contributed by atoms with Crippen LogP contribution in [0, 0.1) is 5.92 Å². The molecule has 0 bridgehead atoms. The number of rotatable bonds is 10. The summed E-state index contributed by atoms with van der Waals surface area (Å²) in [6.45, 7) is 7.37. The fourth-order valence-electron chi connectivity index (χ4n) is 3.66. The van der Waals surface area contributed by atoms with E-state index in [0.717, 1.165) is 12.8 Å². The molecule has 1 aliphatic carbocycles. The Hall–Kier alpha value is -2.28. The van der Waals surface area contributed by atoms with Crippen LogP contribution in [0.4, 0.5) is 5.69 Å². The van der Waals surface area contributed by atoms with Crippen LogP contribution in [0.5, 0.6) is 11.5 Å². The Morgan fingerprint density at radius 3 is 2.38 bits per heavy atom. The van der Waals surface area contributed by atoms with E-state index in [0.29, 0.717) is 36.3 Å². The number of amides is 2. The van der Waals surface area contributed by atoms with Crippen LogP contribution in [0.25, 0.3) is 0 Å². The van der Waals surface area contributed by atoms with E-state index in [-0.39, 0.29) is 30.9 Å². The fourth-order valence-corrected chi connectivity index (χ4v) is 3.66. The summed E-state index contributed by atoms with van der Waals surface area (Å²) in [6, 6.07) is 5.57. The normalized spacial score (nSPS) is 18.9. The first-order chi connectivity index (χ1) is 13.9. The van der Waals surface area contributed by atoms with E-state index in [9.17, 15) is 9.59 Å². The highest BCUT2D eigenvalue weighted by atomic mass is 16.5. The first-order valence-corrected chi connectivity index (χ1v) is 10.6. The van der Waals surface area contributed by atoms with Crippen LogP contribution in [-0.2, 0) is 9.59 Å². The molecule has 2 N–H and O–H groups in total. The molecule has 2 atom stereocenters. The quantitative estimate of drug-likeness (QED) is 0.625. The van der Waals surface area contributed by atoms with Crippen LogP contribution in [0.1, 0.15) is 46.5 Å². The fraction of sp³-hybridized carbons (Fsp3) is 0.636. The second kappa shape index (κ2) is 11.7. The highest BCUT2D eigenvalue weighted by Crippen LogP contribution is 2.30. The van der Waals surface area contributed by atoms with Gasteiger partial charge in [-0.15, -0.1) is 0 Å². The lowest BCUT2D eigenvalue weighted by atomic mass is 9.86. The summed E-state index contributed by atoms with van der Waals surface area (Å²) >= 11 is 0. The molecule has 0 aliphatic heterocycles. The number of likely N-dealkylation sites (N-methyl/N-ethyl adjacent to an activating group) is 1. The predicted molar refractivity (Wildman–Crippen MR) is 114 cm³/mol. The van der Waals surface area contributed by atoms with Gasteiger partial charge in [0.15, 0.2) is 11.5 Å². The molecule has 29 heavy (non-hydrogen) atoms. The van der Waals surface area contributed by atoms with Crippen molar-refractivity contribution in [2.45, 2.75) is 52.5 Å². The number of anilines is 1. The molecule has 7 nitrogen and oxygen atoms in total. The molecule has 0 radical (unpaired) electrons. The Kier molecular flexibility index (Phi) is 9.25. The smallest absolute Gasteiger partial charge is 0.238 e. The molecular weight excluding hydrogens is 370 g/mol. The zero-order valence-corrected chi connectivity index (χ0v) is 18.1. The van der Waals surface area contributed by atoms with Gasteiger partial charge in [0, 0.05) is 17.8 Å². The topological polar surface area (TPSA) is 79.9 Å². The van der Waals surface area contributed by atoms with Crippen molar-refractivity contribution < 1.29 is 19.1 Å². The number of hydrogen-bond acceptors (Lipinski definition) is 5. The van der Waals surface area contributed by atoms with E-state index in [4.69, 9.17) is 9.47 Å². The third kappa shape index (κ3) is 7.57. The molecule has 162 valence electrons. The summed E-state index contributed by atoms with van der Waals surface area (Å²) in [5.41, 5.74) is 0.635. The standard InChI is InChI=1S/C22H35N3O4/c1-5-28-19-12-11-17(13-20(19)29-6-2)23-21(26)14-25(4)15-22(27)24-18-10-8-7-9-16(18)3/h11-13,16,18H,5-10,14-15H2,1-4H3,(H,23,26)(H,24,27)/t16-,18+/m0/s1. The van der Waals surface area contributed by atoms with Crippen LogP contribution in [0.2, 0.25) is 0 Å². The SMILES string of the molecule is CCOc1ccc(NC(=O)CN(C)CC(=O)N[C@@H]2CCCC[C@@H]2C)cc1OCC. The van der Waals surface area contributed by atoms with Crippen molar-refractivity contribution in [3.05, 3.63) is 18.2 Å². The average Bonchev–Trinajstić information content (AvgIpc) is 2.65. The van der Waals surface area contributed by atoms with Crippen molar-refractivity contribution in [2.24, 2.45) is 5.92 Å². The lowest BCUT2D eigenvalue weighted by Gasteiger charge is -2.30. The predicted octanol–water partition coefficient (Wildman–Crippen LogP) is 3.05. The lowest BCUT2D eigenvalue weighted by Crippen LogP contribution is -2.46. The highest BCUT2D eigenvalue weighted by molar-refractivity contribution is 5.93. The van der Waals surface area contributed by atoms with Gasteiger partial charge in [-0.3, -0.25) is 14.5 Å². The molecule has 1 aromatic carbocycles. The van der Waals surface area contributed by atoms with E-state index in [1.54, 1.807) is 30.1 Å². The van der Waals surface area contributed by atoms with Crippen LogP contribution < -0.4 is 20.1 Å². The summed E-state index contributed by atoms with van der Waals surface area (Å²) in [5, 5.41) is 5.97. The zero-order chi connectivity index (χ0) is 21.2.